The topological polar surface area (TPSA) is 94.7 Å². The number of H-pyrrole nitrogens is 2. The first-order valence-electron chi connectivity index (χ1n) is 6.84. The predicted octanol–water partition coefficient (Wildman–Crippen LogP) is 2.36. The number of fused-ring (bicyclic) bond motifs is 2. The van der Waals surface area contributed by atoms with Crippen molar-refractivity contribution in [2.45, 2.75) is 6.10 Å². The van der Waals surface area contributed by atoms with Crippen LogP contribution in [-0.4, -0.2) is 30.8 Å². The van der Waals surface area contributed by atoms with Crippen LogP contribution >= 0.6 is 0 Å². The van der Waals surface area contributed by atoms with E-state index in [0.29, 0.717) is 11.0 Å². The number of ketones is 1. The Morgan fingerprint density at radius 1 is 0.909 bits per heavy atom. The molecule has 0 aliphatic heterocycles. The molecule has 0 saturated heterocycles. The summed E-state index contributed by atoms with van der Waals surface area (Å²) in [6.45, 7) is 0. The van der Waals surface area contributed by atoms with E-state index in [0.717, 1.165) is 11.0 Å². The summed E-state index contributed by atoms with van der Waals surface area (Å²) >= 11 is 0. The molecule has 0 fully saturated rings. The van der Waals surface area contributed by atoms with Crippen LogP contribution in [0.3, 0.4) is 0 Å². The molecule has 0 saturated carbocycles. The van der Waals surface area contributed by atoms with Crippen molar-refractivity contribution in [1.82, 2.24) is 19.9 Å². The van der Waals surface area contributed by atoms with Gasteiger partial charge in [0.2, 0.25) is 5.78 Å². The molecule has 0 spiro atoms. The maximum atomic E-state index is 12.4. The number of rotatable bonds is 3. The van der Waals surface area contributed by atoms with Gasteiger partial charge in [0, 0.05) is 0 Å². The normalized spacial score (nSPS) is 12.8. The molecule has 22 heavy (non-hydrogen) atoms. The van der Waals surface area contributed by atoms with Crippen LogP contribution in [0.4, 0.5) is 0 Å². The van der Waals surface area contributed by atoms with Crippen molar-refractivity contribution in [2.24, 2.45) is 0 Å². The molecule has 6 heteroatoms. The lowest BCUT2D eigenvalue weighted by molar-refractivity contribution is 0.0723. The minimum Gasteiger partial charge on any atom is -0.377 e. The van der Waals surface area contributed by atoms with Crippen LogP contribution in [0.5, 0.6) is 0 Å². The summed E-state index contributed by atoms with van der Waals surface area (Å²) in [5.74, 6) is -0.184. The summed E-state index contributed by atoms with van der Waals surface area (Å²) in [6.07, 6.45) is -1.38. The standard InChI is InChI=1S/C16H12N4O2/c21-13(15-17-9-5-1-2-6-10(9)18-15)14(22)16-19-11-7-3-4-8-12(11)20-16/h1-8,13,21H,(H,17,18)(H,19,20)/t13-/m1/s1. The van der Waals surface area contributed by atoms with Gasteiger partial charge in [-0.15, -0.1) is 0 Å². The summed E-state index contributed by atoms with van der Waals surface area (Å²) in [4.78, 5) is 26.7. The second-order valence-corrected chi connectivity index (χ2v) is 5.01. The highest BCUT2D eigenvalue weighted by Gasteiger charge is 2.25. The van der Waals surface area contributed by atoms with Gasteiger partial charge in [-0.25, -0.2) is 9.97 Å². The molecule has 0 aliphatic carbocycles. The second-order valence-electron chi connectivity index (χ2n) is 5.01. The van der Waals surface area contributed by atoms with Crippen molar-refractivity contribution in [3.63, 3.8) is 0 Å². The number of nitrogens with zero attached hydrogens (tertiary/aromatic N) is 2. The second kappa shape index (κ2) is 4.78. The Balaban J connectivity index is 1.71. The van der Waals surface area contributed by atoms with Crippen molar-refractivity contribution in [3.05, 3.63) is 60.2 Å². The average molecular weight is 292 g/mol. The van der Waals surface area contributed by atoms with E-state index < -0.39 is 11.9 Å². The molecule has 6 nitrogen and oxygen atoms in total. The van der Waals surface area contributed by atoms with E-state index in [1.54, 1.807) is 6.07 Å². The molecule has 0 aliphatic rings. The van der Waals surface area contributed by atoms with E-state index in [1.807, 2.05) is 42.5 Å². The van der Waals surface area contributed by atoms with Gasteiger partial charge in [0.05, 0.1) is 22.1 Å². The van der Waals surface area contributed by atoms with Crippen molar-refractivity contribution in [1.29, 1.82) is 0 Å². The lowest BCUT2D eigenvalue weighted by Crippen LogP contribution is -2.15. The van der Waals surface area contributed by atoms with E-state index in [1.165, 1.54) is 0 Å². The number of carbonyl (C=O) groups excluding carboxylic acids is 1. The van der Waals surface area contributed by atoms with E-state index in [4.69, 9.17) is 0 Å². The van der Waals surface area contributed by atoms with Crippen LogP contribution in [0.15, 0.2) is 48.5 Å². The minimum atomic E-state index is -1.38. The van der Waals surface area contributed by atoms with E-state index in [-0.39, 0.29) is 11.6 Å². The summed E-state index contributed by atoms with van der Waals surface area (Å²) in [7, 11) is 0. The Bertz CT molecular complexity index is 920. The Hall–Kier alpha value is -2.99. The minimum absolute atomic E-state index is 0.120. The third kappa shape index (κ3) is 1.97. The largest absolute Gasteiger partial charge is 0.377 e. The molecule has 0 unspecified atom stereocenters. The quantitative estimate of drug-likeness (QED) is 0.505. The van der Waals surface area contributed by atoms with Gasteiger partial charge >= 0.3 is 0 Å². The fourth-order valence-electron chi connectivity index (χ4n) is 2.43. The molecule has 1 atom stereocenters. The summed E-state index contributed by atoms with van der Waals surface area (Å²) in [5, 5.41) is 10.3. The maximum Gasteiger partial charge on any atom is 0.234 e. The number of aliphatic hydroxyl groups is 1. The van der Waals surface area contributed by atoms with Crippen LogP contribution < -0.4 is 0 Å². The molecule has 3 N–H and O–H groups in total. The van der Waals surface area contributed by atoms with Gasteiger partial charge in [-0.3, -0.25) is 4.79 Å². The number of para-hydroxylation sites is 4. The Labute approximate surface area is 124 Å². The number of nitrogens with one attached hydrogen (secondary N) is 2. The molecule has 4 rings (SSSR count). The van der Waals surface area contributed by atoms with Gasteiger partial charge in [0.25, 0.3) is 0 Å². The molecule has 2 aromatic carbocycles. The fraction of sp³-hybridized carbons (Fsp3) is 0.0625. The summed E-state index contributed by atoms with van der Waals surface area (Å²) in [5.41, 5.74) is 2.91. The first kappa shape index (κ1) is 12.7. The highest BCUT2D eigenvalue weighted by Crippen LogP contribution is 2.20. The Morgan fingerprint density at radius 3 is 2.14 bits per heavy atom. The highest BCUT2D eigenvalue weighted by molar-refractivity contribution is 5.99. The Kier molecular flexibility index (Phi) is 2.77. The average Bonchev–Trinajstić information content (AvgIpc) is 3.16. The Morgan fingerprint density at radius 2 is 1.50 bits per heavy atom. The van der Waals surface area contributed by atoms with E-state index in [9.17, 15) is 9.90 Å². The first-order valence-corrected chi connectivity index (χ1v) is 6.84. The predicted molar refractivity (Wildman–Crippen MR) is 81.5 cm³/mol. The van der Waals surface area contributed by atoms with E-state index in [2.05, 4.69) is 19.9 Å². The van der Waals surface area contributed by atoms with Gasteiger partial charge < -0.3 is 15.1 Å². The molecule has 108 valence electrons. The third-order valence-corrected chi connectivity index (χ3v) is 3.54. The van der Waals surface area contributed by atoms with Crippen LogP contribution in [-0.2, 0) is 0 Å². The number of aromatic nitrogens is 4. The van der Waals surface area contributed by atoms with Crippen molar-refractivity contribution < 1.29 is 9.90 Å². The monoisotopic (exact) mass is 292 g/mol. The lowest BCUT2D eigenvalue weighted by atomic mass is 10.2. The van der Waals surface area contributed by atoms with Crippen molar-refractivity contribution in [2.75, 3.05) is 0 Å². The smallest absolute Gasteiger partial charge is 0.234 e. The first-order chi connectivity index (χ1) is 10.7. The lowest BCUT2D eigenvalue weighted by Gasteiger charge is -2.03. The highest BCUT2D eigenvalue weighted by atomic mass is 16.3. The number of hydrogen-bond donors (Lipinski definition) is 3. The van der Waals surface area contributed by atoms with Gasteiger partial charge in [-0.1, -0.05) is 24.3 Å². The van der Waals surface area contributed by atoms with Crippen molar-refractivity contribution in [3.8, 4) is 0 Å². The van der Waals surface area contributed by atoms with Gasteiger partial charge in [-0.05, 0) is 24.3 Å². The molecule has 2 heterocycles. The zero-order chi connectivity index (χ0) is 15.1. The number of aliphatic hydroxyl groups excluding tert-OH is 1. The summed E-state index contributed by atoms with van der Waals surface area (Å²) < 4.78 is 0. The number of hydrogen-bond acceptors (Lipinski definition) is 4. The van der Waals surface area contributed by atoms with Crippen LogP contribution in [0.1, 0.15) is 22.5 Å². The SMILES string of the molecule is O=C(c1nc2ccccc2[nH]1)[C@@H](O)c1nc2ccccc2[nH]1. The molecule has 2 aromatic heterocycles. The van der Waals surface area contributed by atoms with Crippen LogP contribution in [0, 0.1) is 0 Å². The number of carbonyl (C=O) groups is 1. The number of benzene rings is 2. The number of aromatic amines is 2. The van der Waals surface area contributed by atoms with Crippen LogP contribution in [0.25, 0.3) is 22.1 Å². The fourth-order valence-corrected chi connectivity index (χ4v) is 2.43. The molecule has 0 bridgehead atoms. The number of Topliss-reactive ketones (excluding diaryl/α,β-unsaturated/α-hetero) is 1. The molecular formula is C16H12N4O2. The zero-order valence-corrected chi connectivity index (χ0v) is 11.4. The maximum absolute atomic E-state index is 12.4. The zero-order valence-electron chi connectivity index (χ0n) is 11.4. The number of imidazole rings is 2. The third-order valence-electron chi connectivity index (χ3n) is 3.54. The van der Waals surface area contributed by atoms with Gasteiger partial charge in [-0.2, -0.15) is 0 Å². The van der Waals surface area contributed by atoms with Crippen molar-refractivity contribution >= 4 is 27.9 Å². The van der Waals surface area contributed by atoms with E-state index >= 15 is 0 Å². The molecular weight excluding hydrogens is 280 g/mol. The van der Waals surface area contributed by atoms with Crippen LogP contribution in [0.2, 0.25) is 0 Å². The van der Waals surface area contributed by atoms with Gasteiger partial charge in [0.1, 0.15) is 5.82 Å². The molecule has 4 aromatic rings. The molecule has 0 amide bonds. The molecule has 0 radical (unpaired) electrons. The summed E-state index contributed by atoms with van der Waals surface area (Å²) in [6, 6.07) is 14.7. The van der Waals surface area contributed by atoms with Gasteiger partial charge in [0.15, 0.2) is 11.9 Å².